The summed E-state index contributed by atoms with van der Waals surface area (Å²) < 4.78 is 0. The maximum absolute atomic E-state index is 12.8. The maximum atomic E-state index is 12.8. The Balaban J connectivity index is 1.98. The number of carbonyl (C=O) groups excluding carboxylic acids is 2. The molecule has 1 atom stereocenters. The summed E-state index contributed by atoms with van der Waals surface area (Å²) in [6, 6.07) is 0. The van der Waals surface area contributed by atoms with Crippen LogP contribution in [0.5, 0.6) is 0 Å². The summed E-state index contributed by atoms with van der Waals surface area (Å²) in [5.41, 5.74) is 0.191. The van der Waals surface area contributed by atoms with Gasteiger partial charge in [0.05, 0.1) is 12.1 Å². The van der Waals surface area contributed by atoms with Gasteiger partial charge in [0.1, 0.15) is 11.1 Å². The number of piperazine rings is 1. The Morgan fingerprint density at radius 1 is 1.40 bits per heavy atom. The van der Waals surface area contributed by atoms with Gasteiger partial charge in [0.2, 0.25) is 11.8 Å². The molecule has 2 amide bonds. The largest absolute Gasteiger partial charge is 0.340 e. The first-order valence-corrected chi connectivity index (χ1v) is 7.75. The van der Waals surface area contributed by atoms with Gasteiger partial charge in [0, 0.05) is 11.1 Å². The Morgan fingerprint density at radius 3 is 2.65 bits per heavy atom. The molecule has 1 aromatic heterocycles. The molecule has 0 radical (unpaired) electrons. The smallest absolute Gasteiger partial charge is 0.248 e. The van der Waals surface area contributed by atoms with Gasteiger partial charge in [-0.3, -0.25) is 14.6 Å². The van der Waals surface area contributed by atoms with Crippen LogP contribution in [0.2, 0.25) is 0 Å². The van der Waals surface area contributed by atoms with Crippen LogP contribution in [0.15, 0.2) is 11.7 Å². The zero-order valence-electron chi connectivity index (χ0n) is 12.0. The summed E-state index contributed by atoms with van der Waals surface area (Å²) >= 11 is 1.52. The van der Waals surface area contributed by atoms with Crippen LogP contribution in [0.25, 0.3) is 0 Å². The summed E-state index contributed by atoms with van der Waals surface area (Å²) in [5.74, 6) is 0.226. The van der Waals surface area contributed by atoms with Crippen molar-refractivity contribution in [3.8, 4) is 0 Å². The van der Waals surface area contributed by atoms with Crippen LogP contribution in [0.4, 0.5) is 0 Å². The van der Waals surface area contributed by atoms with Crippen molar-refractivity contribution in [2.45, 2.75) is 51.2 Å². The average molecular weight is 293 g/mol. The highest BCUT2D eigenvalue weighted by molar-refractivity contribution is 7.09. The van der Waals surface area contributed by atoms with Gasteiger partial charge >= 0.3 is 0 Å². The van der Waals surface area contributed by atoms with E-state index in [0.29, 0.717) is 6.54 Å². The van der Waals surface area contributed by atoms with Crippen molar-refractivity contribution in [3.05, 3.63) is 16.6 Å². The second-order valence-corrected chi connectivity index (χ2v) is 7.33. The van der Waals surface area contributed by atoms with E-state index in [2.05, 4.69) is 10.3 Å². The van der Waals surface area contributed by atoms with E-state index in [1.165, 1.54) is 11.3 Å². The first-order chi connectivity index (χ1) is 9.35. The normalized spacial score (nSPS) is 29.4. The summed E-state index contributed by atoms with van der Waals surface area (Å²) in [6.07, 6.45) is 3.79. The van der Waals surface area contributed by atoms with E-state index < -0.39 is 11.1 Å². The number of thiazole rings is 1. The lowest BCUT2D eigenvalue weighted by atomic mass is 9.84. The van der Waals surface area contributed by atoms with Crippen molar-refractivity contribution in [1.82, 2.24) is 15.2 Å². The van der Waals surface area contributed by atoms with Crippen molar-refractivity contribution >= 4 is 23.2 Å². The minimum absolute atomic E-state index is 0.0140. The molecule has 2 aliphatic rings. The number of aromatic nitrogens is 1. The van der Waals surface area contributed by atoms with Crippen LogP contribution in [-0.4, -0.2) is 32.8 Å². The molecule has 1 aromatic rings. The molecule has 1 aliphatic heterocycles. The van der Waals surface area contributed by atoms with E-state index in [9.17, 15) is 9.59 Å². The SMILES string of the molecule is CC1(C)NC(=O)C(C)(C2CC2)N(Cc2cncs2)C1=O. The number of nitrogens with one attached hydrogen (secondary N) is 1. The summed E-state index contributed by atoms with van der Waals surface area (Å²) in [4.78, 5) is 32.2. The molecule has 1 unspecified atom stereocenters. The first kappa shape index (κ1) is 13.5. The van der Waals surface area contributed by atoms with E-state index in [-0.39, 0.29) is 17.7 Å². The van der Waals surface area contributed by atoms with Gasteiger partial charge in [0.15, 0.2) is 0 Å². The molecule has 1 N–H and O–H groups in total. The number of rotatable bonds is 3. The van der Waals surface area contributed by atoms with E-state index in [0.717, 1.165) is 17.7 Å². The van der Waals surface area contributed by atoms with Gasteiger partial charge in [-0.05, 0) is 39.5 Å². The lowest BCUT2D eigenvalue weighted by Gasteiger charge is -2.49. The van der Waals surface area contributed by atoms with Crippen molar-refractivity contribution in [2.24, 2.45) is 5.92 Å². The quantitative estimate of drug-likeness (QED) is 0.919. The standard InChI is InChI=1S/C14H19N3O2S/c1-13(2)12(19)17(7-10-6-15-8-20-10)14(3,9-4-5-9)11(18)16-13/h6,8-9H,4-5,7H2,1-3H3,(H,16,18). The second kappa shape index (κ2) is 4.28. The van der Waals surface area contributed by atoms with Crippen LogP contribution in [0.3, 0.4) is 0 Å². The molecule has 5 nitrogen and oxygen atoms in total. The first-order valence-electron chi connectivity index (χ1n) is 6.88. The molecule has 1 aliphatic carbocycles. The Labute approximate surface area is 122 Å². The molecule has 108 valence electrons. The lowest BCUT2D eigenvalue weighted by molar-refractivity contribution is -0.163. The molecule has 20 heavy (non-hydrogen) atoms. The van der Waals surface area contributed by atoms with E-state index >= 15 is 0 Å². The third-order valence-electron chi connectivity index (χ3n) is 4.40. The van der Waals surface area contributed by atoms with Gasteiger partial charge in [-0.25, -0.2) is 0 Å². The zero-order valence-corrected chi connectivity index (χ0v) is 12.8. The van der Waals surface area contributed by atoms with Crippen molar-refractivity contribution < 1.29 is 9.59 Å². The molecule has 6 heteroatoms. The Morgan fingerprint density at radius 2 is 2.10 bits per heavy atom. The monoisotopic (exact) mass is 293 g/mol. The average Bonchev–Trinajstić information content (AvgIpc) is 3.11. The lowest BCUT2D eigenvalue weighted by Crippen LogP contribution is -2.73. The minimum Gasteiger partial charge on any atom is -0.340 e. The van der Waals surface area contributed by atoms with Gasteiger partial charge < -0.3 is 10.2 Å². The fourth-order valence-electron chi connectivity index (χ4n) is 2.90. The van der Waals surface area contributed by atoms with Gasteiger partial charge in [-0.2, -0.15) is 0 Å². The van der Waals surface area contributed by atoms with E-state index in [1.54, 1.807) is 30.5 Å². The highest BCUT2D eigenvalue weighted by atomic mass is 32.1. The summed E-state index contributed by atoms with van der Waals surface area (Å²) in [7, 11) is 0. The third kappa shape index (κ3) is 1.93. The molecule has 2 heterocycles. The molecule has 3 rings (SSSR count). The van der Waals surface area contributed by atoms with Gasteiger partial charge in [-0.1, -0.05) is 0 Å². The zero-order chi connectivity index (χ0) is 14.5. The molecule has 2 fully saturated rings. The number of carbonyl (C=O) groups is 2. The molecule has 0 spiro atoms. The summed E-state index contributed by atoms with van der Waals surface area (Å²) in [5, 5.41) is 2.88. The fraction of sp³-hybridized carbons (Fsp3) is 0.643. The van der Waals surface area contributed by atoms with Crippen molar-refractivity contribution in [1.29, 1.82) is 0 Å². The van der Waals surface area contributed by atoms with Crippen LogP contribution in [-0.2, 0) is 16.1 Å². The second-order valence-electron chi connectivity index (χ2n) is 6.36. The fourth-order valence-corrected chi connectivity index (χ4v) is 3.48. The number of hydrogen-bond acceptors (Lipinski definition) is 4. The van der Waals surface area contributed by atoms with Crippen LogP contribution in [0, 0.1) is 5.92 Å². The topological polar surface area (TPSA) is 62.3 Å². The van der Waals surface area contributed by atoms with Gasteiger partial charge in [0.25, 0.3) is 0 Å². The Kier molecular flexibility index (Phi) is 2.90. The van der Waals surface area contributed by atoms with Gasteiger partial charge in [-0.15, -0.1) is 11.3 Å². The maximum Gasteiger partial charge on any atom is 0.248 e. The minimum atomic E-state index is -0.837. The molecule has 1 saturated carbocycles. The Bertz CT molecular complexity index is 551. The predicted octanol–water partition coefficient (Wildman–Crippen LogP) is 1.55. The van der Waals surface area contributed by atoms with E-state index in [1.807, 2.05) is 6.92 Å². The Hall–Kier alpha value is -1.43. The number of nitrogens with zero attached hydrogens (tertiary/aromatic N) is 2. The molecule has 1 saturated heterocycles. The van der Waals surface area contributed by atoms with Crippen LogP contribution < -0.4 is 5.32 Å². The highest BCUT2D eigenvalue weighted by Gasteiger charge is 2.59. The van der Waals surface area contributed by atoms with Crippen LogP contribution >= 0.6 is 11.3 Å². The molecular weight excluding hydrogens is 274 g/mol. The number of hydrogen-bond donors (Lipinski definition) is 1. The summed E-state index contributed by atoms with van der Waals surface area (Å²) in [6.45, 7) is 5.89. The predicted molar refractivity (Wildman–Crippen MR) is 76.0 cm³/mol. The molecular formula is C14H19N3O2S. The van der Waals surface area contributed by atoms with Crippen molar-refractivity contribution in [2.75, 3.05) is 0 Å². The molecule has 0 bridgehead atoms. The number of amides is 2. The van der Waals surface area contributed by atoms with E-state index in [4.69, 9.17) is 0 Å². The highest BCUT2D eigenvalue weighted by Crippen LogP contribution is 2.46. The van der Waals surface area contributed by atoms with Crippen LogP contribution in [0.1, 0.15) is 38.5 Å². The molecule has 0 aromatic carbocycles. The van der Waals surface area contributed by atoms with Crippen molar-refractivity contribution in [3.63, 3.8) is 0 Å². The third-order valence-corrected chi connectivity index (χ3v) is 5.16.